The van der Waals surface area contributed by atoms with Gasteiger partial charge < -0.3 is 20.3 Å². The van der Waals surface area contributed by atoms with Crippen LogP contribution in [-0.2, 0) is 17.8 Å². The molecule has 0 saturated heterocycles. The van der Waals surface area contributed by atoms with Gasteiger partial charge in [-0.25, -0.2) is 0 Å². The average molecular weight is 473 g/mol. The smallest absolute Gasteiger partial charge is 0.277 e. The number of hydrogen-bond donors (Lipinski definition) is 2. The van der Waals surface area contributed by atoms with E-state index in [0.717, 1.165) is 37.4 Å². The van der Waals surface area contributed by atoms with E-state index in [-0.39, 0.29) is 23.2 Å². The third-order valence-corrected chi connectivity index (χ3v) is 5.88. The van der Waals surface area contributed by atoms with Crippen molar-refractivity contribution >= 4 is 23.2 Å². The molecule has 0 fully saturated rings. The van der Waals surface area contributed by atoms with Crippen LogP contribution in [0.1, 0.15) is 45.3 Å². The monoisotopic (exact) mass is 472 g/mol. The lowest BCUT2D eigenvalue weighted by Gasteiger charge is -2.34. The Labute approximate surface area is 204 Å². The number of methoxy groups -OCH3 is 1. The van der Waals surface area contributed by atoms with Crippen molar-refractivity contribution in [2.24, 2.45) is 0 Å². The SMILES string of the molecule is COCCCNCc1ccc(N2C(=O)c3c(C(=O)Nc4cccc(C#N)c4)cnn3C[C@@H]2C)cc1. The highest BCUT2D eigenvalue weighted by atomic mass is 16.5. The molecule has 9 heteroatoms. The molecule has 0 saturated carbocycles. The van der Waals surface area contributed by atoms with E-state index in [1.807, 2.05) is 37.3 Å². The van der Waals surface area contributed by atoms with Gasteiger partial charge in [0.05, 0.1) is 36.0 Å². The van der Waals surface area contributed by atoms with Crippen molar-refractivity contribution in [3.8, 4) is 6.07 Å². The van der Waals surface area contributed by atoms with Crippen LogP contribution in [0.3, 0.4) is 0 Å². The maximum atomic E-state index is 13.5. The number of nitrogens with one attached hydrogen (secondary N) is 2. The van der Waals surface area contributed by atoms with Gasteiger partial charge >= 0.3 is 0 Å². The van der Waals surface area contributed by atoms with Gasteiger partial charge in [-0.3, -0.25) is 14.3 Å². The fourth-order valence-electron chi connectivity index (χ4n) is 4.15. The molecule has 3 aromatic rings. The molecular formula is C26H28N6O3. The average Bonchev–Trinajstić information content (AvgIpc) is 3.29. The molecule has 35 heavy (non-hydrogen) atoms. The number of carbonyl (C=O) groups excluding carboxylic acids is 2. The van der Waals surface area contributed by atoms with E-state index in [2.05, 4.69) is 15.7 Å². The lowest BCUT2D eigenvalue weighted by Crippen LogP contribution is -2.47. The summed E-state index contributed by atoms with van der Waals surface area (Å²) in [5.41, 5.74) is 3.25. The molecule has 0 unspecified atom stereocenters. The number of rotatable bonds is 9. The van der Waals surface area contributed by atoms with E-state index < -0.39 is 5.91 Å². The Hall–Kier alpha value is -4.00. The molecule has 1 aliphatic rings. The summed E-state index contributed by atoms with van der Waals surface area (Å²) >= 11 is 0. The molecule has 1 aromatic heterocycles. The van der Waals surface area contributed by atoms with Gasteiger partial charge in [-0.1, -0.05) is 18.2 Å². The van der Waals surface area contributed by atoms with Crippen molar-refractivity contribution in [2.45, 2.75) is 32.5 Å². The van der Waals surface area contributed by atoms with Crippen molar-refractivity contribution in [2.75, 3.05) is 30.5 Å². The summed E-state index contributed by atoms with van der Waals surface area (Å²) in [6, 6.07) is 16.4. The van der Waals surface area contributed by atoms with Crippen LogP contribution in [0.2, 0.25) is 0 Å². The Morgan fingerprint density at radius 3 is 2.80 bits per heavy atom. The van der Waals surface area contributed by atoms with E-state index in [9.17, 15) is 9.59 Å². The molecule has 0 spiro atoms. The lowest BCUT2D eigenvalue weighted by atomic mass is 10.1. The van der Waals surface area contributed by atoms with Gasteiger partial charge in [0.25, 0.3) is 11.8 Å². The largest absolute Gasteiger partial charge is 0.385 e. The van der Waals surface area contributed by atoms with Crippen LogP contribution in [0.5, 0.6) is 0 Å². The molecule has 9 nitrogen and oxygen atoms in total. The minimum absolute atomic E-state index is 0.129. The first-order chi connectivity index (χ1) is 17.0. The molecular weight excluding hydrogens is 444 g/mol. The van der Waals surface area contributed by atoms with E-state index in [4.69, 9.17) is 10.00 Å². The van der Waals surface area contributed by atoms with E-state index in [1.54, 1.807) is 41.0 Å². The quantitative estimate of drug-likeness (QED) is 0.463. The second kappa shape index (κ2) is 11.0. The minimum atomic E-state index is -0.445. The third kappa shape index (κ3) is 5.40. The number of anilines is 2. The van der Waals surface area contributed by atoms with Crippen LogP contribution in [0, 0.1) is 11.3 Å². The van der Waals surface area contributed by atoms with Crippen molar-refractivity contribution in [3.63, 3.8) is 0 Å². The van der Waals surface area contributed by atoms with Gasteiger partial charge in [-0.05, 0) is 55.8 Å². The zero-order valence-electron chi connectivity index (χ0n) is 19.8. The lowest BCUT2D eigenvalue weighted by molar-refractivity contribution is 0.0933. The molecule has 2 heterocycles. The molecule has 0 aliphatic carbocycles. The predicted molar refractivity (Wildman–Crippen MR) is 132 cm³/mol. The van der Waals surface area contributed by atoms with Crippen LogP contribution in [0.15, 0.2) is 54.7 Å². The number of nitrogens with zero attached hydrogens (tertiary/aromatic N) is 4. The van der Waals surface area contributed by atoms with E-state index in [1.165, 1.54) is 6.20 Å². The Bertz CT molecular complexity index is 1240. The molecule has 2 amide bonds. The fourth-order valence-corrected chi connectivity index (χ4v) is 4.15. The topological polar surface area (TPSA) is 112 Å². The zero-order chi connectivity index (χ0) is 24.8. The molecule has 0 radical (unpaired) electrons. The highest BCUT2D eigenvalue weighted by molar-refractivity contribution is 6.15. The molecule has 2 N–H and O–H groups in total. The molecule has 1 atom stereocenters. The Kier molecular flexibility index (Phi) is 7.55. The third-order valence-electron chi connectivity index (χ3n) is 5.88. The first-order valence-electron chi connectivity index (χ1n) is 11.5. The summed E-state index contributed by atoms with van der Waals surface area (Å²) in [4.78, 5) is 28.2. The van der Waals surface area contributed by atoms with Gasteiger partial charge in [-0.2, -0.15) is 10.4 Å². The highest BCUT2D eigenvalue weighted by Gasteiger charge is 2.35. The summed E-state index contributed by atoms with van der Waals surface area (Å²) in [7, 11) is 1.69. The number of ether oxygens (including phenoxy) is 1. The van der Waals surface area contributed by atoms with Gasteiger partial charge in [-0.15, -0.1) is 0 Å². The number of amides is 2. The van der Waals surface area contributed by atoms with Gasteiger partial charge in [0, 0.05) is 31.6 Å². The second-order valence-corrected chi connectivity index (χ2v) is 8.45. The highest BCUT2D eigenvalue weighted by Crippen LogP contribution is 2.27. The minimum Gasteiger partial charge on any atom is -0.385 e. The first kappa shape index (κ1) is 24.1. The standard InChI is InChI=1S/C26H28N6O3/c1-18-17-31-24(23(16-29-31)25(33)30-21-6-3-5-20(13-21)14-27)26(34)32(18)22-9-7-19(8-10-22)15-28-11-4-12-35-2/h3,5-10,13,16,18,28H,4,11-12,15,17H2,1-2H3,(H,30,33)/t18-/m0/s1. The summed E-state index contributed by atoms with van der Waals surface area (Å²) < 4.78 is 6.64. The number of hydrogen-bond acceptors (Lipinski definition) is 6. The molecule has 2 aromatic carbocycles. The molecule has 1 aliphatic heterocycles. The number of aromatic nitrogens is 2. The van der Waals surface area contributed by atoms with Crippen molar-refractivity contribution in [3.05, 3.63) is 77.1 Å². The van der Waals surface area contributed by atoms with Crippen LogP contribution in [0.25, 0.3) is 0 Å². The maximum absolute atomic E-state index is 13.5. The van der Waals surface area contributed by atoms with Crippen molar-refractivity contribution in [1.82, 2.24) is 15.1 Å². The second-order valence-electron chi connectivity index (χ2n) is 8.45. The van der Waals surface area contributed by atoms with Crippen molar-refractivity contribution in [1.29, 1.82) is 5.26 Å². The normalized spacial score (nSPS) is 14.9. The van der Waals surface area contributed by atoms with Crippen LogP contribution in [-0.4, -0.2) is 47.9 Å². The van der Waals surface area contributed by atoms with Crippen molar-refractivity contribution < 1.29 is 14.3 Å². The summed E-state index contributed by atoms with van der Waals surface area (Å²) in [5, 5.41) is 19.5. The fraction of sp³-hybridized carbons (Fsp3) is 0.308. The van der Waals surface area contributed by atoms with Crippen LogP contribution < -0.4 is 15.5 Å². The van der Waals surface area contributed by atoms with Gasteiger partial charge in [0.15, 0.2) is 0 Å². The summed E-state index contributed by atoms with van der Waals surface area (Å²) in [5.74, 6) is -0.721. The predicted octanol–water partition coefficient (Wildman–Crippen LogP) is 3.18. The maximum Gasteiger partial charge on any atom is 0.277 e. The Balaban J connectivity index is 1.49. The zero-order valence-corrected chi connectivity index (χ0v) is 19.8. The van der Waals surface area contributed by atoms with E-state index in [0.29, 0.717) is 17.8 Å². The van der Waals surface area contributed by atoms with Gasteiger partial charge in [0.2, 0.25) is 0 Å². The molecule has 180 valence electrons. The Morgan fingerprint density at radius 2 is 2.06 bits per heavy atom. The molecule has 0 bridgehead atoms. The van der Waals surface area contributed by atoms with Gasteiger partial charge in [0.1, 0.15) is 5.69 Å². The Morgan fingerprint density at radius 1 is 1.26 bits per heavy atom. The first-order valence-corrected chi connectivity index (χ1v) is 11.5. The number of benzene rings is 2. The number of carbonyl (C=O) groups is 2. The number of nitriles is 1. The van der Waals surface area contributed by atoms with Crippen LogP contribution in [0.4, 0.5) is 11.4 Å². The summed E-state index contributed by atoms with van der Waals surface area (Å²) in [6.07, 6.45) is 2.37. The van der Waals surface area contributed by atoms with Crippen LogP contribution >= 0.6 is 0 Å². The molecule has 4 rings (SSSR count). The van der Waals surface area contributed by atoms with E-state index >= 15 is 0 Å². The summed E-state index contributed by atoms with van der Waals surface area (Å²) in [6.45, 7) is 4.76. The number of fused-ring (bicyclic) bond motifs is 1.